The minimum absolute atomic E-state index is 0.401. The van der Waals surface area contributed by atoms with Crippen molar-refractivity contribution in [3.63, 3.8) is 0 Å². The third kappa shape index (κ3) is 3.72. The van der Waals surface area contributed by atoms with Crippen LogP contribution < -0.4 is 0 Å². The predicted octanol–water partition coefficient (Wildman–Crippen LogP) is 2.11. The molecule has 0 aromatic carbocycles. The molecule has 0 heterocycles. The molecule has 0 spiro atoms. The van der Waals surface area contributed by atoms with Crippen molar-refractivity contribution < 1.29 is 9.90 Å². The van der Waals surface area contributed by atoms with Crippen molar-refractivity contribution >= 4 is 17.6 Å². The van der Waals surface area contributed by atoms with Crippen LogP contribution in [0.15, 0.2) is 0 Å². The van der Waals surface area contributed by atoms with Gasteiger partial charge in [0, 0.05) is 0 Å². The third-order valence-electron chi connectivity index (χ3n) is 1.57. The van der Waals surface area contributed by atoms with Crippen LogP contribution in [-0.4, -0.2) is 16.5 Å². The maximum absolute atomic E-state index is 10.2. The highest BCUT2D eigenvalue weighted by atomic mass is 35.5. The smallest absolute Gasteiger partial charge is 0.321 e. The quantitative estimate of drug-likeness (QED) is 0.647. The normalized spacial score (nSPS) is 16.3. The Morgan fingerprint density at radius 3 is 2.50 bits per heavy atom. The second-order valence-corrected chi connectivity index (χ2v) is 3.08. The second kappa shape index (κ2) is 4.56. The molecule has 3 heteroatoms. The summed E-state index contributed by atoms with van der Waals surface area (Å²) in [5.41, 5.74) is 0. The highest BCUT2D eigenvalue weighted by Crippen LogP contribution is 2.13. The second-order valence-electron chi connectivity index (χ2n) is 2.55. The average molecular weight is 165 g/mol. The van der Waals surface area contributed by atoms with Gasteiger partial charge in [-0.15, -0.1) is 11.6 Å². The largest absolute Gasteiger partial charge is 0.480 e. The lowest BCUT2D eigenvalue weighted by Gasteiger charge is -2.09. The summed E-state index contributed by atoms with van der Waals surface area (Å²) in [5, 5.41) is 7.68. The summed E-state index contributed by atoms with van der Waals surface area (Å²) in [6, 6.07) is 0. The Hall–Kier alpha value is -0.240. The van der Waals surface area contributed by atoms with E-state index in [1.165, 1.54) is 0 Å². The van der Waals surface area contributed by atoms with Gasteiger partial charge in [-0.25, -0.2) is 0 Å². The predicted molar refractivity (Wildman–Crippen MR) is 41.3 cm³/mol. The number of carboxylic acid groups (broad SMARTS) is 1. The lowest BCUT2D eigenvalue weighted by molar-refractivity contribution is -0.136. The minimum atomic E-state index is -0.915. The summed E-state index contributed by atoms with van der Waals surface area (Å²) in [6.45, 7) is 4.02. The van der Waals surface area contributed by atoms with Gasteiger partial charge in [0.2, 0.25) is 0 Å². The van der Waals surface area contributed by atoms with Gasteiger partial charge < -0.3 is 5.11 Å². The summed E-state index contributed by atoms with van der Waals surface area (Å²) < 4.78 is 0. The number of halogens is 1. The van der Waals surface area contributed by atoms with E-state index in [0.29, 0.717) is 12.3 Å². The Morgan fingerprint density at radius 1 is 1.70 bits per heavy atom. The van der Waals surface area contributed by atoms with E-state index in [-0.39, 0.29) is 0 Å². The highest BCUT2D eigenvalue weighted by molar-refractivity contribution is 6.29. The third-order valence-corrected chi connectivity index (χ3v) is 1.94. The summed E-state index contributed by atoms with van der Waals surface area (Å²) in [5.74, 6) is -0.513. The molecule has 0 bridgehead atoms. The molecule has 0 fully saturated rings. The van der Waals surface area contributed by atoms with Gasteiger partial charge in [-0.1, -0.05) is 20.3 Å². The molecule has 0 amide bonds. The lowest BCUT2D eigenvalue weighted by Crippen LogP contribution is -2.16. The molecule has 0 aliphatic carbocycles. The van der Waals surface area contributed by atoms with Crippen LogP contribution in [0.25, 0.3) is 0 Å². The molecule has 1 N–H and O–H groups in total. The fourth-order valence-electron chi connectivity index (χ4n) is 0.621. The van der Waals surface area contributed by atoms with E-state index in [9.17, 15) is 4.79 Å². The molecule has 0 aromatic rings. The number of hydrogen-bond donors (Lipinski definition) is 1. The monoisotopic (exact) mass is 164 g/mol. The van der Waals surface area contributed by atoms with Crippen LogP contribution in [0.1, 0.15) is 26.7 Å². The van der Waals surface area contributed by atoms with Crippen molar-refractivity contribution in [1.29, 1.82) is 0 Å². The molecular formula is C7H13ClO2. The van der Waals surface area contributed by atoms with Gasteiger partial charge in [0.15, 0.2) is 0 Å². The Kier molecular flexibility index (Phi) is 4.45. The molecule has 2 nitrogen and oxygen atoms in total. The SMILES string of the molecule is CC[C@@H](C)C[C@@H](Cl)C(=O)O. The molecular weight excluding hydrogens is 152 g/mol. The summed E-state index contributed by atoms with van der Waals surface area (Å²) >= 11 is 5.49. The van der Waals surface area contributed by atoms with Gasteiger partial charge in [-0.05, 0) is 12.3 Å². The molecule has 0 rings (SSSR count). The zero-order valence-electron chi connectivity index (χ0n) is 6.30. The van der Waals surface area contributed by atoms with Gasteiger partial charge >= 0.3 is 5.97 Å². The first-order valence-electron chi connectivity index (χ1n) is 3.44. The number of aliphatic carboxylic acids is 1. The van der Waals surface area contributed by atoms with E-state index < -0.39 is 11.3 Å². The first kappa shape index (κ1) is 9.76. The Labute approximate surface area is 66.2 Å². The molecule has 0 aliphatic heterocycles. The van der Waals surface area contributed by atoms with Gasteiger partial charge in [-0.3, -0.25) is 4.79 Å². The zero-order chi connectivity index (χ0) is 8.15. The van der Waals surface area contributed by atoms with E-state index in [2.05, 4.69) is 0 Å². The van der Waals surface area contributed by atoms with Crippen LogP contribution in [0.5, 0.6) is 0 Å². The maximum atomic E-state index is 10.2. The van der Waals surface area contributed by atoms with Gasteiger partial charge in [0.1, 0.15) is 5.38 Å². The Bertz CT molecular complexity index is 114. The summed E-state index contributed by atoms with van der Waals surface area (Å²) in [6.07, 6.45) is 1.55. The molecule has 0 radical (unpaired) electrons. The van der Waals surface area contributed by atoms with Crippen LogP contribution in [0.4, 0.5) is 0 Å². The molecule has 0 aliphatic rings. The van der Waals surface area contributed by atoms with Crippen LogP contribution in [0.3, 0.4) is 0 Å². The van der Waals surface area contributed by atoms with Crippen molar-refractivity contribution in [2.45, 2.75) is 32.1 Å². The average Bonchev–Trinajstić information content (AvgIpc) is 1.87. The first-order valence-corrected chi connectivity index (χ1v) is 3.88. The van der Waals surface area contributed by atoms with Gasteiger partial charge in [-0.2, -0.15) is 0 Å². The molecule has 0 aromatic heterocycles. The number of carbonyl (C=O) groups is 1. The number of rotatable bonds is 4. The molecule has 60 valence electrons. The van der Waals surface area contributed by atoms with Crippen LogP contribution in [-0.2, 0) is 4.79 Å². The fraction of sp³-hybridized carbons (Fsp3) is 0.857. The van der Waals surface area contributed by atoms with E-state index in [1.54, 1.807) is 0 Å². The van der Waals surface area contributed by atoms with Crippen molar-refractivity contribution in [3.05, 3.63) is 0 Å². The van der Waals surface area contributed by atoms with Crippen LogP contribution >= 0.6 is 11.6 Å². The zero-order valence-corrected chi connectivity index (χ0v) is 7.06. The standard InChI is InChI=1S/C7H13ClO2/c1-3-5(2)4-6(8)7(9)10/h5-6H,3-4H2,1-2H3,(H,9,10)/t5-,6-/m1/s1. The fourth-order valence-corrected chi connectivity index (χ4v) is 0.925. The topological polar surface area (TPSA) is 37.3 Å². The van der Waals surface area contributed by atoms with Crippen molar-refractivity contribution in [2.24, 2.45) is 5.92 Å². The van der Waals surface area contributed by atoms with E-state index in [4.69, 9.17) is 16.7 Å². The lowest BCUT2D eigenvalue weighted by atomic mass is 10.0. The molecule has 2 atom stereocenters. The van der Waals surface area contributed by atoms with E-state index >= 15 is 0 Å². The summed E-state index contributed by atoms with van der Waals surface area (Å²) in [7, 11) is 0. The van der Waals surface area contributed by atoms with Crippen molar-refractivity contribution in [1.82, 2.24) is 0 Å². The molecule has 0 unspecified atom stereocenters. The first-order chi connectivity index (χ1) is 4.57. The highest BCUT2D eigenvalue weighted by Gasteiger charge is 2.15. The number of hydrogen-bond acceptors (Lipinski definition) is 1. The molecule has 0 saturated carbocycles. The minimum Gasteiger partial charge on any atom is -0.480 e. The maximum Gasteiger partial charge on any atom is 0.321 e. The van der Waals surface area contributed by atoms with Crippen molar-refractivity contribution in [2.75, 3.05) is 0 Å². The summed E-state index contributed by atoms with van der Waals surface area (Å²) in [4.78, 5) is 10.2. The van der Waals surface area contributed by atoms with Crippen LogP contribution in [0, 0.1) is 5.92 Å². The van der Waals surface area contributed by atoms with Gasteiger partial charge in [0.05, 0.1) is 0 Å². The van der Waals surface area contributed by atoms with E-state index in [1.807, 2.05) is 13.8 Å². The Morgan fingerprint density at radius 2 is 2.20 bits per heavy atom. The molecule has 10 heavy (non-hydrogen) atoms. The van der Waals surface area contributed by atoms with E-state index in [0.717, 1.165) is 6.42 Å². The number of carboxylic acids is 1. The number of alkyl halides is 1. The molecule has 0 saturated heterocycles. The Balaban J connectivity index is 3.56. The van der Waals surface area contributed by atoms with Gasteiger partial charge in [0.25, 0.3) is 0 Å². The van der Waals surface area contributed by atoms with Crippen molar-refractivity contribution in [3.8, 4) is 0 Å². The van der Waals surface area contributed by atoms with Crippen LogP contribution in [0.2, 0.25) is 0 Å².